The number of methoxy groups -OCH3 is 1. The lowest BCUT2D eigenvalue weighted by Gasteiger charge is -2.38. The molecule has 35 heavy (non-hydrogen) atoms. The number of anilines is 1. The number of benzene rings is 3. The standard InChI is InChI=1S/C26H20ClN3O4S/c1-33-17-8-6-7-16(13-17)15-30-22-12-5-3-10-19(22)24-25(35(30,31)32)23(20(14-28)26(29)34-24)18-9-2-4-11-21(18)27/h2-13,23H,15,29H2,1H3. The van der Waals surface area contributed by atoms with Gasteiger partial charge in [0.25, 0.3) is 10.0 Å². The summed E-state index contributed by atoms with van der Waals surface area (Å²) in [5.74, 6) is -0.461. The molecule has 0 saturated carbocycles. The summed E-state index contributed by atoms with van der Waals surface area (Å²) in [6.07, 6.45) is 0. The Morgan fingerprint density at radius 2 is 1.86 bits per heavy atom. The van der Waals surface area contributed by atoms with Crippen LogP contribution < -0.4 is 14.8 Å². The molecule has 2 N–H and O–H groups in total. The van der Waals surface area contributed by atoms with E-state index in [1.807, 2.05) is 12.1 Å². The van der Waals surface area contributed by atoms with Gasteiger partial charge in [-0.1, -0.05) is 54.1 Å². The maximum absolute atomic E-state index is 14.3. The van der Waals surface area contributed by atoms with Gasteiger partial charge in [-0.15, -0.1) is 0 Å². The van der Waals surface area contributed by atoms with E-state index >= 15 is 0 Å². The first-order valence-electron chi connectivity index (χ1n) is 10.7. The molecular weight excluding hydrogens is 486 g/mol. The number of para-hydroxylation sites is 1. The van der Waals surface area contributed by atoms with Crippen molar-refractivity contribution < 1.29 is 17.9 Å². The van der Waals surface area contributed by atoms with E-state index in [-0.39, 0.29) is 28.7 Å². The number of halogens is 1. The Kier molecular flexibility index (Phi) is 5.67. The number of ether oxygens (including phenoxy) is 2. The topological polar surface area (TPSA) is 106 Å². The third kappa shape index (κ3) is 3.70. The minimum Gasteiger partial charge on any atom is -0.497 e. The number of hydrogen-bond acceptors (Lipinski definition) is 6. The predicted octanol–water partition coefficient (Wildman–Crippen LogP) is 4.88. The van der Waals surface area contributed by atoms with E-state index in [1.54, 1.807) is 73.8 Å². The number of allylic oxidation sites excluding steroid dienone is 2. The molecule has 9 heteroatoms. The van der Waals surface area contributed by atoms with E-state index in [9.17, 15) is 13.7 Å². The van der Waals surface area contributed by atoms with Gasteiger partial charge in [-0.3, -0.25) is 4.31 Å². The van der Waals surface area contributed by atoms with Gasteiger partial charge in [-0.2, -0.15) is 5.26 Å². The lowest BCUT2D eigenvalue weighted by atomic mass is 9.88. The number of nitrogens with zero attached hydrogens (tertiary/aromatic N) is 2. The fourth-order valence-electron chi connectivity index (χ4n) is 4.44. The molecule has 5 rings (SSSR count). The molecule has 0 spiro atoms. The normalized spacial score (nSPS) is 18.3. The number of fused-ring (bicyclic) bond motifs is 2. The smallest absolute Gasteiger partial charge is 0.265 e. The number of rotatable bonds is 4. The fourth-order valence-corrected chi connectivity index (χ4v) is 6.59. The van der Waals surface area contributed by atoms with Crippen LogP contribution >= 0.6 is 11.6 Å². The van der Waals surface area contributed by atoms with Gasteiger partial charge < -0.3 is 15.2 Å². The molecule has 2 heterocycles. The molecule has 3 aromatic rings. The molecule has 0 aromatic heterocycles. The monoisotopic (exact) mass is 505 g/mol. The summed E-state index contributed by atoms with van der Waals surface area (Å²) >= 11 is 6.49. The van der Waals surface area contributed by atoms with Gasteiger partial charge in [0.2, 0.25) is 5.88 Å². The number of nitrogens with two attached hydrogens (primary N) is 1. The van der Waals surface area contributed by atoms with Crippen LogP contribution in [0.1, 0.15) is 22.6 Å². The average molecular weight is 506 g/mol. The van der Waals surface area contributed by atoms with Crippen LogP contribution in [-0.2, 0) is 21.3 Å². The van der Waals surface area contributed by atoms with Gasteiger partial charge in [0.05, 0.1) is 25.3 Å². The highest BCUT2D eigenvalue weighted by molar-refractivity contribution is 7.96. The van der Waals surface area contributed by atoms with Crippen molar-refractivity contribution in [3.05, 3.63) is 111 Å². The van der Waals surface area contributed by atoms with Crippen LogP contribution in [0.3, 0.4) is 0 Å². The van der Waals surface area contributed by atoms with Crippen molar-refractivity contribution in [1.29, 1.82) is 5.26 Å². The Morgan fingerprint density at radius 3 is 2.60 bits per heavy atom. The highest BCUT2D eigenvalue weighted by Gasteiger charge is 2.47. The van der Waals surface area contributed by atoms with Crippen LogP contribution in [0, 0.1) is 11.3 Å². The number of nitriles is 1. The second kappa shape index (κ2) is 8.69. The number of hydrogen-bond donors (Lipinski definition) is 1. The first kappa shape index (κ1) is 22.8. The Labute approximate surface area is 208 Å². The van der Waals surface area contributed by atoms with E-state index in [0.29, 0.717) is 27.6 Å². The molecular formula is C26H20ClN3O4S. The minimum atomic E-state index is -4.19. The Morgan fingerprint density at radius 1 is 1.11 bits per heavy atom. The summed E-state index contributed by atoms with van der Waals surface area (Å²) in [5.41, 5.74) is 8.31. The zero-order valence-electron chi connectivity index (χ0n) is 18.6. The lowest BCUT2D eigenvalue weighted by Crippen LogP contribution is -2.39. The van der Waals surface area contributed by atoms with Crippen molar-refractivity contribution in [1.82, 2.24) is 0 Å². The van der Waals surface area contributed by atoms with Crippen molar-refractivity contribution >= 4 is 33.1 Å². The molecule has 0 bridgehead atoms. The molecule has 3 aromatic carbocycles. The molecule has 0 radical (unpaired) electrons. The first-order chi connectivity index (χ1) is 16.9. The lowest BCUT2D eigenvalue weighted by molar-refractivity contribution is 0.357. The zero-order chi connectivity index (χ0) is 24.7. The third-order valence-corrected chi connectivity index (χ3v) is 8.26. The van der Waals surface area contributed by atoms with E-state index in [1.165, 1.54) is 4.31 Å². The minimum absolute atomic E-state index is 0.0128. The third-order valence-electron chi connectivity index (χ3n) is 6.03. The molecule has 176 valence electrons. The molecule has 0 aliphatic carbocycles. The summed E-state index contributed by atoms with van der Waals surface area (Å²) in [4.78, 5) is -0.0713. The second-order valence-corrected chi connectivity index (χ2v) is 10.3. The van der Waals surface area contributed by atoms with Gasteiger partial charge in [-0.25, -0.2) is 8.42 Å². The van der Waals surface area contributed by atoms with Crippen LogP contribution in [0.2, 0.25) is 5.02 Å². The molecule has 1 unspecified atom stereocenters. The van der Waals surface area contributed by atoms with Crippen LogP contribution in [-0.4, -0.2) is 15.5 Å². The van der Waals surface area contributed by atoms with Gasteiger partial charge in [0.15, 0.2) is 5.76 Å². The zero-order valence-corrected chi connectivity index (χ0v) is 20.2. The summed E-state index contributed by atoms with van der Waals surface area (Å²) in [7, 11) is -2.64. The van der Waals surface area contributed by atoms with Crippen molar-refractivity contribution in [2.45, 2.75) is 12.5 Å². The van der Waals surface area contributed by atoms with E-state index in [2.05, 4.69) is 0 Å². The van der Waals surface area contributed by atoms with Gasteiger partial charge in [0, 0.05) is 10.6 Å². The largest absolute Gasteiger partial charge is 0.497 e. The summed E-state index contributed by atoms with van der Waals surface area (Å²) in [5, 5.41) is 10.3. The first-order valence-corrected chi connectivity index (χ1v) is 12.5. The van der Waals surface area contributed by atoms with Crippen molar-refractivity contribution in [3.63, 3.8) is 0 Å². The summed E-state index contributed by atoms with van der Waals surface area (Å²) in [6, 6.07) is 23.1. The SMILES string of the molecule is COc1cccc(CN2c3ccccc3C3=C(C(c4ccccc4Cl)C(C#N)=C(N)O3)S2(=O)=O)c1. The number of sulfonamides is 1. The van der Waals surface area contributed by atoms with Crippen LogP contribution in [0.5, 0.6) is 5.75 Å². The van der Waals surface area contributed by atoms with Crippen molar-refractivity contribution in [2.75, 3.05) is 11.4 Å². The summed E-state index contributed by atoms with van der Waals surface area (Å²) < 4.78 is 41.0. The highest BCUT2D eigenvalue weighted by Crippen LogP contribution is 2.52. The molecule has 7 nitrogen and oxygen atoms in total. The van der Waals surface area contributed by atoms with Crippen molar-refractivity contribution in [3.8, 4) is 11.8 Å². The molecule has 0 amide bonds. The van der Waals surface area contributed by atoms with E-state index in [0.717, 1.165) is 5.56 Å². The maximum Gasteiger partial charge on any atom is 0.265 e. The summed E-state index contributed by atoms with van der Waals surface area (Å²) in [6.45, 7) is 0.0453. The molecule has 2 aliphatic rings. The molecule has 2 aliphatic heterocycles. The molecule has 0 saturated heterocycles. The van der Waals surface area contributed by atoms with Gasteiger partial charge in [0.1, 0.15) is 22.3 Å². The van der Waals surface area contributed by atoms with Crippen LogP contribution in [0.25, 0.3) is 5.76 Å². The Hall–Kier alpha value is -3.93. The molecule has 1 atom stereocenters. The van der Waals surface area contributed by atoms with E-state index in [4.69, 9.17) is 26.8 Å². The fraction of sp³-hybridized carbons (Fsp3) is 0.115. The Balaban J connectivity index is 1.76. The van der Waals surface area contributed by atoms with Crippen LogP contribution in [0.4, 0.5) is 5.69 Å². The average Bonchev–Trinajstić information content (AvgIpc) is 2.86. The van der Waals surface area contributed by atoms with Gasteiger partial charge >= 0.3 is 0 Å². The Bertz CT molecular complexity index is 1560. The van der Waals surface area contributed by atoms with Gasteiger partial charge in [-0.05, 0) is 41.5 Å². The van der Waals surface area contributed by atoms with E-state index < -0.39 is 15.9 Å². The highest BCUT2D eigenvalue weighted by atomic mass is 35.5. The van der Waals surface area contributed by atoms with Crippen LogP contribution in [0.15, 0.2) is 89.2 Å². The second-order valence-electron chi connectivity index (χ2n) is 8.02. The maximum atomic E-state index is 14.3. The van der Waals surface area contributed by atoms with Crippen molar-refractivity contribution in [2.24, 2.45) is 5.73 Å². The predicted molar refractivity (Wildman–Crippen MR) is 134 cm³/mol. The quantitative estimate of drug-likeness (QED) is 0.542. The molecule has 0 fully saturated rings.